The number of nitrogens with one attached hydrogen (secondary N) is 2. The number of hydrogen-bond acceptors (Lipinski definition) is 3. The van der Waals surface area contributed by atoms with Crippen LogP contribution in [-0.2, 0) is 16.0 Å². The van der Waals surface area contributed by atoms with Crippen LogP contribution < -0.4 is 10.6 Å². The molecule has 2 aromatic carbocycles. The molecule has 2 N–H and O–H groups in total. The Kier molecular flexibility index (Phi) is 6.42. The normalized spacial score (nSPS) is 15.9. The molecular weight excluding hydrogens is 354 g/mol. The van der Waals surface area contributed by atoms with Gasteiger partial charge in [0.2, 0.25) is 11.8 Å². The van der Waals surface area contributed by atoms with Crippen LogP contribution in [0.5, 0.6) is 0 Å². The molecule has 3 rings (SSSR count). The molecule has 1 atom stereocenters. The molecule has 1 aliphatic heterocycles. The molecule has 28 heavy (non-hydrogen) atoms. The third-order valence-electron chi connectivity index (χ3n) is 4.80. The molecule has 146 valence electrons. The maximum absolute atomic E-state index is 12.8. The first-order valence-electron chi connectivity index (χ1n) is 9.61. The summed E-state index contributed by atoms with van der Waals surface area (Å²) in [5.41, 5.74) is 1.98. The summed E-state index contributed by atoms with van der Waals surface area (Å²) in [5, 5.41) is 5.60. The highest BCUT2D eigenvalue weighted by molar-refractivity contribution is 6.00. The lowest BCUT2D eigenvalue weighted by Crippen LogP contribution is -2.43. The van der Waals surface area contributed by atoms with Gasteiger partial charge in [0.15, 0.2) is 0 Å². The summed E-state index contributed by atoms with van der Waals surface area (Å²) in [5.74, 6) is -0.439. The molecule has 6 heteroatoms. The summed E-state index contributed by atoms with van der Waals surface area (Å²) in [4.78, 5) is 39.1. The summed E-state index contributed by atoms with van der Waals surface area (Å²) in [6, 6.07) is 15.9. The molecule has 1 heterocycles. The molecule has 0 aromatic heterocycles. The first kappa shape index (κ1) is 19.6. The van der Waals surface area contributed by atoms with Crippen LogP contribution in [0.2, 0.25) is 0 Å². The summed E-state index contributed by atoms with van der Waals surface area (Å²) in [7, 11) is 0. The van der Waals surface area contributed by atoms with E-state index in [2.05, 4.69) is 10.6 Å². The van der Waals surface area contributed by atoms with Gasteiger partial charge >= 0.3 is 0 Å². The predicted molar refractivity (Wildman–Crippen MR) is 108 cm³/mol. The molecule has 0 unspecified atom stereocenters. The van der Waals surface area contributed by atoms with E-state index >= 15 is 0 Å². The van der Waals surface area contributed by atoms with E-state index in [0.717, 1.165) is 12.0 Å². The fraction of sp³-hybridized carbons (Fsp3) is 0.318. The lowest BCUT2D eigenvalue weighted by atomic mass is 10.1. The van der Waals surface area contributed by atoms with Gasteiger partial charge in [0.25, 0.3) is 5.91 Å². The third-order valence-corrected chi connectivity index (χ3v) is 4.80. The zero-order valence-electron chi connectivity index (χ0n) is 16.0. The Morgan fingerprint density at radius 2 is 1.86 bits per heavy atom. The summed E-state index contributed by atoms with van der Waals surface area (Å²) in [6.07, 6.45) is 1.73. The standard InChI is InChI=1S/C22H25N3O3/c1-2-23-21(27)17-10-6-11-18(15-17)24-22(28)19-12-7-13-25(19)20(26)14-16-8-4-3-5-9-16/h3-6,8-11,15,19H,2,7,12-14H2,1H3,(H,23,27)(H,24,28)/t19-/m1/s1. The summed E-state index contributed by atoms with van der Waals surface area (Å²) >= 11 is 0. The number of rotatable bonds is 6. The second kappa shape index (κ2) is 9.17. The fourth-order valence-electron chi connectivity index (χ4n) is 3.44. The van der Waals surface area contributed by atoms with Gasteiger partial charge in [-0.2, -0.15) is 0 Å². The van der Waals surface area contributed by atoms with Crippen LogP contribution in [-0.4, -0.2) is 41.8 Å². The van der Waals surface area contributed by atoms with Gasteiger partial charge in [0.1, 0.15) is 6.04 Å². The van der Waals surface area contributed by atoms with Gasteiger partial charge in [0.05, 0.1) is 6.42 Å². The van der Waals surface area contributed by atoms with Gasteiger partial charge in [-0.1, -0.05) is 36.4 Å². The minimum absolute atomic E-state index is 0.0417. The Morgan fingerprint density at radius 3 is 2.61 bits per heavy atom. The van der Waals surface area contributed by atoms with Crippen molar-refractivity contribution in [3.63, 3.8) is 0 Å². The van der Waals surface area contributed by atoms with Gasteiger partial charge in [0, 0.05) is 24.3 Å². The van der Waals surface area contributed by atoms with Crippen molar-refractivity contribution in [1.29, 1.82) is 0 Å². The first-order valence-corrected chi connectivity index (χ1v) is 9.61. The fourth-order valence-corrected chi connectivity index (χ4v) is 3.44. The molecule has 1 fully saturated rings. The number of carbonyl (C=O) groups excluding carboxylic acids is 3. The monoisotopic (exact) mass is 379 g/mol. The van der Waals surface area contributed by atoms with Crippen molar-refractivity contribution < 1.29 is 14.4 Å². The molecule has 2 aromatic rings. The zero-order valence-corrected chi connectivity index (χ0v) is 16.0. The van der Waals surface area contributed by atoms with E-state index in [-0.39, 0.29) is 24.1 Å². The number of hydrogen-bond donors (Lipinski definition) is 2. The van der Waals surface area contributed by atoms with Crippen molar-refractivity contribution in [3.05, 3.63) is 65.7 Å². The lowest BCUT2D eigenvalue weighted by molar-refractivity contribution is -0.136. The molecule has 3 amide bonds. The third kappa shape index (κ3) is 4.76. The number of nitrogens with zero attached hydrogens (tertiary/aromatic N) is 1. The van der Waals surface area contributed by atoms with Crippen LogP contribution in [0, 0.1) is 0 Å². The molecule has 6 nitrogen and oxygen atoms in total. The molecule has 0 bridgehead atoms. The molecular formula is C22H25N3O3. The topological polar surface area (TPSA) is 78.5 Å². The van der Waals surface area contributed by atoms with E-state index in [1.807, 2.05) is 37.3 Å². The second-order valence-electron chi connectivity index (χ2n) is 6.84. The smallest absolute Gasteiger partial charge is 0.251 e. The number of amides is 3. The Balaban J connectivity index is 1.65. The van der Waals surface area contributed by atoms with E-state index in [0.29, 0.717) is 30.8 Å². The van der Waals surface area contributed by atoms with Crippen molar-refractivity contribution in [1.82, 2.24) is 10.2 Å². The molecule has 0 aliphatic carbocycles. The highest BCUT2D eigenvalue weighted by atomic mass is 16.2. The van der Waals surface area contributed by atoms with Crippen molar-refractivity contribution >= 4 is 23.4 Å². The Morgan fingerprint density at radius 1 is 1.07 bits per heavy atom. The summed E-state index contributed by atoms with van der Waals surface area (Å²) < 4.78 is 0. The van der Waals surface area contributed by atoms with Gasteiger partial charge < -0.3 is 15.5 Å². The lowest BCUT2D eigenvalue weighted by Gasteiger charge is -2.24. The molecule has 0 spiro atoms. The maximum Gasteiger partial charge on any atom is 0.251 e. The maximum atomic E-state index is 12.8. The molecule has 1 saturated heterocycles. The van der Waals surface area contributed by atoms with Gasteiger partial charge in [-0.05, 0) is 43.5 Å². The van der Waals surface area contributed by atoms with Crippen LogP contribution in [0.15, 0.2) is 54.6 Å². The minimum atomic E-state index is -0.482. The van der Waals surface area contributed by atoms with Gasteiger partial charge in [-0.15, -0.1) is 0 Å². The summed E-state index contributed by atoms with van der Waals surface area (Å²) in [6.45, 7) is 2.98. The highest BCUT2D eigenvalue weighted by Gasteiger charge is 2.33. The quantitative estimate of drug-likeness (QED) is 0.810. The van der Waals surface area contributed by atoms with Crippen molar-refractivity contribution in [2.45, 2.75) is 32.2 Å². The number of benzene rings is 2. The number of likely N-dealkylation sites (tertiary alicyclic amines) is 1. The largest absolute Gasteiger partial charge is 0.352 e. The van der Waals surface area contributed by atoms with Crippen LogP contribution >= 0.6 is 0 Å². The molecule has 0 saturated carbocycles. The minimum Gasteiger partial charge on any atom is -0.352 e. The Hall–Kier alpha value is -3.15. The second-order valence-corrected chi connectivity index (χ2v) is 6.84. The highest BCUT2D eigenvalue weighted by Crippen LogP contribution is 2.21. The SMILES string of the molecule is CCNC(=O)c1cccc(NC(=O)[C@H]2CCCN2C(=O)Cc2ccccc2)c1. The van der Waals surface area contributed by atoms with Gasteiger partial charge in [-0.25, -0.2) is 0 Å². The molecule has 0 radical (unpaired) electrons. The van der Waals surface area contributed by atoms with E-state index in [1.165, 1.54) is 0 Å². The van der Waals surface area contributed by atoms with E-state index in [9.17, 15) is 14.4 Å². The first-order chi connectivity index (χ1) is 13.6. The van der Waals surface area contributed by atoms with Crippen LogP contribution in [0.4, 0.5) is 5.69 Å². The van der Waals surface area contributed by atoms with Crippen molar-refractivity contribution in [2.75, 3.05) is 18.4 Å². The zero-order chi connectivity index (χ0) is 19.9. The van der Waals surface area contributed by atoms with Crippen LogP contribution in [0.25, 0.3) is 0 Å². The Labute approximate surface area is 164 Å². The number of carbonyl (C=O) groups is 3. The van der Waals surface area contributed by atoms with Crippen molar-refractivity contribution in [3.8, 4) is 0 Å². The van der Waals surface area contributed by atoms with Crippen LogP contribution in [0.1, 0.15) is 35.7 Å². The number of anilines is 1. The van der Waals surface area contributed by atoms with Crippen molar-refractivity contribution in [2.24, 2.45) is 0 Å². The average molecular weight is 379 g/mol. The van der Waals surface area contributed by atoms with Gasteiger partial charge in [-0.3, -0.25) is 14.4 Å². The molecule has 1 aliphatic rings. The Bertz CT molecular complexity index is 851. The van der Waals surface area contributed by atoms with E-state index < -0.39 is 6.04 Å². The average Bonchev–Trinajstić information content (AvgIpc) is 3.19. The van der Waals surface area contributed by atoms with E-state index in [1.54, 1.807) is 29.2 Å². The predicted octanol–water partition coefficient (Wildman–Crippen LogP) is 2.61. The van der Waals surface area contributed by atoms with E-state index in [4.69, 9.17) is 0 Å². The van der Waals surface area contributed by atoms with Crippen LogP contribution in [0.3, 0.4) is 0 Å².